The van der Waals surface area contributed by atoms with Crippen LogP contribution in [0.15, 0.2) is 12.1 Å². The van der Waals surface area contributed by atoms with E-state index in [-0.39, 0.29) is 18.8 Å². The summed E-state index contributed by atoms with van der Waals surface area (Å²) in [5.74, 6) is 0.533. The maximum Gasteiger partial charge on any atom is 0.270 e. The molecule has 0 saturated carbocycles. The van der Waals surface area contributed by atoms with Gasteiger partial charge in [-0.3, -0.25) is 10.1 Å². The quantitative estimate of drug-likeness (QED) is 0.558. The fourth-order valence-corrected chi connectivity index (χ4v) is 1.41. The Morgan fingerprint density at radius 3 is 2.07 bits per heavy atom. The van der Waals surface area contributed by atoms with E-state index in [0.717, 1.165) is 0 Å². The third-order valence-corrected chi connectivity index (χ3v) is 2.08. The molecule has 0 heterocycles. The molecule has 0 fully saturated rings. The molecular formula is C9H13N3O3. The summed E-state index contributed by atoms with van der Waals surface area (Å²) in [6.07, 6.45) is 0. The van der Waals surface area contributed by atoms with Crippen LogP contribution in [-0.2, 0) is 13.1 Å². The zero-order valence-electron chi connectivity index (χ0n) is 8.40. The Morgan fingerprint density at radius 2 is 1.80 bits per heavy atom. The molecule has 6 heteroatoms. The van der Waals surface area contributed by atoms with E-state index in [4.69, 9.17) is 16.2 Å². The predicted octanol–water partition coefficient (Wildman–Crippen LogP) is 0.521. The van der Waals surface area contributed by atoms with Crippen molar-refractivity contribution in [3.8, 4) is 5.75 Å². The molecule has 1 aromatic carbocycles. The molecule has 4 N–H and O–H groups in total. The van der Waals surface area contributed by atoms with E-state index in [1.165, 1.54) is 19.2 Å². The Morgan fingerprint density at radius 1 is 1.33 bits per heavy atom. The van der Waals surface area contributed by atoms with Gasteiger partial charge in [-0.25, -0.2) is 0 Å². The fraction of sp³-hybridized carbons (Fsp3) is 0.333. The molecule has 0 radical (unpaired) electrons. The van der Waals surface area contributed by atoms with Crippen LogP contribution in [0.5, 0.6) is 5.75 Å². The molecule has 0 amide bonds. The molecule has 0 spiro atoms. The van der Waals surface area contributed by atoms with Gasteiger partial charge in [0, 0.05) is 36.3 Å². The molecule has 0 unspecified atom stereocenters. The summed E-state index contributed by atoms with van der Waals surface area (Å²) < 4.78 is 5.11. The molecule has 0 saturated heterocycles. The van der Waals surface area contributed by atoms with Gasteiger partial charge in [0.05, 0.1) is 12.0 Å². The first-order valence-corrected chi connectivity index (χ1v) is 4.38. The first-order valence-electron chi connectivity index (χ1n) is 4.38. The number of nitro benzene ring substituents is 1. The van der Waals surface area contributed by atoms with Crippen molar-refractivity contribution in [1.82, 2.24) is 0 Å². The van der Waals surface area contributed by atoms with Gasteiger partial charge in [-0.05, 0) is 0 Å². The fourth-order valence-electron chi connectivity index (χ4n) is 1.41. The summed E-state index contributed by atoms with van der Waals surface area (Å²) in [7, 11) is 1.49. The monoisotopic (exact) mass is 211 g/mol. The smallest absolute Gasteiger partial charge is 0.270 e. The number of benzene rings is 1. The summed E-state index contributed by atoms with van der Waals surface area (Å²) in [5, 5.41) is 10.6. The van der Waals surface area contributed by atoms with Crippen LogP contribution in [0.4, 0.5) is 5.69 Å². The minimum atomic E-state index is -0.474. The molecular weight excluding hydrogens is 198 g/mol. The second-order valence-electron chi connectivity index (χ2n) is 2.96. The van der Waals surface area contributed by atoms with Gasteiger partial charge in [-0.1, -0.05) is 0 Å². The van der Waals surface area contributed by atoms with E-state index in [9.17, 15) is 10.1 Å². The third kappa shape index (κ3) is 2.23. The third-order valence-electron chi connectivity index (χ3n) is 2.08. The van der Waals surface area contributed by atoms with E-state index < -0.39 is 4.92 Å². The Balaban J connectivity index is 3.35. The van der Waals surface area contributed by atoms with Crippen molar-refractivity contribution in [1.29, 1.82) is 0 Å². The number of rotatable bonds is 4. The molecule has 1 rings (SSSR count). The number of methoxy groups -OCH3 is 1. The summed E-state index contributed by atoms with van der Waals surface area (Å²) in [6, 6.07) is 2.80. The van der Waals surface area contributed by atoms with Crippen LogP contribution in [0.3, 0.4) is 0 Å². The average Bonchev–Trinajstić information content (AvgIpc) is 2.26. The van der Waals surface area contributed by atoms with Gasteiger partial charge in [-0.15, -0.1) is 0 Å². The topological polar surface area (TPSA) is 104 Å². The molecule has 0 aliphatic heterocycles. The summed E-state index contributed by atoms with van der Waals surface area (Å²) >= 11 is 0. The minimum absolute atomic E-state index is 0.0169. The lowest BCUT2D eigenvalue weighted by atomic mass is 10.1. The van der Waals surface area contributed by atoms with E-state index in [2.05, 4.69) is 0 Å². The van der Waals surface area contributed by atoms with Crippen molar-refractivity contribution in [3.05, 3.63) is 33.4 Å². The SMILES string of the molecule is COc1c(CN)cc([N+](=O)[O-])cc1CN. The van der Waals surface area contributed by atoms with Crippen LogP contribution >= 0.6 is 0 Å². The van der Waals surface area contributed by atoms with E-state index >= 15 is 0 Å². The molecule has 0 aromatic heterocycles. The highest BCUT2D eigenvalue weighted by molar-refractivity contribution is 5.50. The van der Waals surface area contributed by atoms with Crippen LogP contribution in [-0.4, -0.2) is 12.0 Å². The molecule has 0 bridgehead atoms. The number of nitrogens with zero attached hydrogens (tertiary/aromatic N) is 1. The lowest BCUT2D eigenvalue weighted by Crippen LogP contribution is -2.07. The zero-order chi connectivity index (χ0) is 11.4. The van der Waals surface area contributed by atoms with Crippen molar-refractivity contribution in [2.24, 2.45) is 11.5 Å². The Labute approximate surface area is 87.0 Å². The molecule has 0 aliphatic rings. The van der Waals surface area contributed by atoms with Crippen molar-refractivity contribution in [3.63, 3.8) is 0 Å². The van der Waals surface area contributed by atoms with E-state index in [0.29, 0.717) is 16.9 Å². The van der Waals surface area contributed by atoms with E-state index in [1.54, 1.807) is 0 Å². The van der Waals surface area contributed by atoms with Crippen LogP contribution in [0.1, 0.15) is 11.1 Å². The van der Waals surface area contributed by atoms with Crippen LogP contribution in [0.2, 0.25) is 0 Å². The minimum Gasteiger partial charge on any atom is -0.496 e. The number of nitro groups is 1. The molecule has 15 heavy (non-hydrogen) atoms. The Hall–Kier alpha value is -1.66. The van der Waals surface area contributed by atoms with Crippen LogP contribution in [0, 0.1) is 10.1 Å². The maximum absolute atomic E-state index is 10.6. The lowest BCUT2D eigenvalue weighted by molar-refractivity contribution is -0.385. The lowest BCUT2D eigenvalue weighted by Gasteiger charge is -2.10. The van der Waals surface area contributed by atoms with E-state index in [1.807, 2.05) is 0 Å². The Kier molecular flexibility index (Phi) is 3.59. The van der Waals surface area contributed by atoms with Gasteiger partial charge in [0.1, 0.15) is 5.75 Å². The second kappa shape index (κ2) is 4.72. The summed E-state index contributed by atoms with van der Waals surface area (Å²) in [4.78, 5) is 10.1. The first kappa shape index (κ1) is 11.4. The van der Waals surface area contributed by atoms with Crippen molar-refractivity contribution in [2.45, 2.75) is 13.1 Å². The van der Waals surface area contributed by atoms with Crippen LogP contribution in [0.25, 0.3) is 0 Å². The van der Waals surface area contributed by atoms with Gasteiger partial charge in [0.25, 0.3) is 5.69 Å². The number of hydrogen-bond donors (Lipinski definition) is 2. The first-order chi connectivity index (χ1) is 7.13. The number of nitrogens with two attached hydrogens (primary N) is 2. The zero-order valence-corrected chi connectivity index (χ0v) is 8.40. The summed E-state index contributed by atoms with van der Waals surface area (Å²) in [5.41, 5.74) is 12.1. The highest BCUT2D eigenvalue weighted by atomic mass is 16.6. The number of hydrogen-bond acceptors (Lipinski definition) is 5. The van der Waals surface area contributed by atoms with Gasteiger partial charge < -0.3 is 16.2 Å². The van der Waals surface area contributed by atoms with Crippen LogP contribution < -0.4 is 16.2 Å². The maximum atomic E-state index is 10.6. The normalized spacial score (nSPS) is 10.1. The highest BCUT2D eigenvalue weighted by Crippen LogP contribution is 2.28. The molecule has 82 valence electrons. The van der Waals surface area contributed by atoms with Gasteiger partial charge in [0.15, 0.2) is 0 Å². The number of ether oxygens (including phenoxy) is 1. The molecule has 1 aromatic rings. The van der Waals surface area contributed by atoms with Crippen molar-refractivity contribution in [2.75, 3.05) is 7.11 Å². The highest BCUT2D eigenvalue weighted by Gasteiger charge is 2.15. The number of non-ortho nitro benzene ring substituents is 1. The van der Waals surface area contributed by atoms with Crippen molar-refractivity contribution >= 4 is 5.69 Å². The Bertz CT molecular complexity index is 354. The molecule has 6 nitrogen and oxygen atoms in total. The van der Waals surface area contributed by atoms with Gasteiger partial charge in [0.2, 0.25) is 0 Å². The molecule has 0 aliphatic carbocycles. The van der Waals surface area contributed by atoms with Gasteiger partial charge >= 0.3 is 0 Å². The summed E-state index contributed by atoms with van der Waals surface area (Å²) in [6.45, 7) is 0.357. The van der Waals surface area contributed by atoms with Gasteiger partial charge in [-0.2, -0.15) is 0 Å². The second-order valence-corrected chi connectivity index (χ2v) is 2.96. The van der Waals surface area contributed by atoms with Crippen molar-refractivity contribution < 1.29 is 9.66 Å². The largest absolute Gasteiger partial charge is 0.496 e. The average molecular weight is 211 g/mol. The molecule has 0 atom stereocenters. The predicted molar refractivity (Wildman–Crippen MR) is 55.4 cm³/mol. The standard InChI is InChI=1S/C9H13N3O3/c1-15-9-6(4-10)2-8(12(13)14)3-7(9)5-11/h2-3H,4-5,10-11H2,1H3.